The molecule has 1 atom stereocenters. The lowest BCUT2D eigenvalue weighted by Gasteiger charge is -2.22. The average molecular weight is 225 g/mol. The molecule has 88 valence electrons. The van der Waals surface area contributed by atoms with Gasteiger partial charge in [-0.3, -0.25) is 0 Å². The summed E-state index contributed by atoms with van der Waals surface area (Å²) in [6.45, 7) is 2.58. The van der Waals surface area contributed by atoms with E-state index in [0.717, 1.165) is 32.0 Å². The van der Waals surface area contributed by atoms with Gasteiger partial charge in [0.25, 0.3) is 0 Å². The number of hydrogen-bond acceptors (Lipinski definition) is 3. The molecule has 1 aromatic carbocycles. The summed E-state index contributed by atoms with van der Waals surface area (Å²) in [5.41, 5.74) is 0. The molecule has 0 amide bonds. The molecule has 2 N–H and O–H groups in total. The van der Waals surface area contributed by atoms with Gasteiger partial charge in [-0.25, -0.2) is 4.39 Å². The largest absolute Gasteiger partial charge is 0.504 e. The highest BCUT2D eigenvalue weighted by atomic mass is 19.1. The van der Waals surface area contributed by atoms with Crippen molar-refractivity contribution in [2.24, 2.45) is 5.92 Å². The number of piperidine rings is 1. The summed E-state index contributed by atoms with van der Waals surface area (Å²) in [4.78, 5) is 0. The molecule has 2 rings (SSSR count). The molecule has 16 heavy (non-hydrogen) atoms. The number of benzene rings is 1. The SMILES string of the molecule is Oc1cc(F)ccc1OCC1CCCNC1. The third-order valence-corrected chi connectivity index (χ3v) is 2.79. The maximum absolute atomic E-state index is 12.7. The van der Waals surface area contributed by atoms with Gasteiger partial charge in [-0.2, -0.15) is 0 Å². The Morgan fingerprint density at radius 3 is 3.06 bits per heavy atom. The van der Waals surface area contributed by atoms with Crippen molar-refractivity contribution < 1.29 is 14.2 Å². The number of aromatic hydroxyl groups is 1. The number of halogens is 1. The zero-order chi connectivity index (χ0) is 11.4. The van der Waals surface area contributed by atoms with Gasteiger partial charge in [0.05, 0.1) is 6.61 Å². The topological polar surface area (TPSA) is 41.5 Å². The first kappa shape index (κ1) is 11.2. The van der Waals surface area contributed by atoms with Gasteiger partial charge >= 0.3 is 0 Å². The zero-order valence-corrected chi connectivity index (χ0v) is 9.08. The Bertz CT molecular complexity index is 351. The van der Waals surface area contributed by atoms with E-state index >= 15 is 0 Å². The average Bonchev–Trinajstić information content (AvgIpc) is 2.29. The number of phenols is 1. The Labute approximate surface area is 94.2 Å². The van der Waals surface area contributed by atoms with Crippen LogP contribution in [0.3, 0.4) is 0 Å². The van der Waals surface area contributed by atoms with Crippen LogP contribution in [0.4, 0.5) is 4.39 Å². The lowest BCUT2D eigenvalue weighted by atomic mass is 10.0. The van der Waals surface area contributed by atoms with Crippen molar-refractivity contribution in [2.45, 2.75) is 12.8 Å². The van der Waals surface area contributed by atoms with Crippen LogP contribution in [-0.4, -0.2) is 24.8 Å². The summed E-state index contributed by atoms with van der Waals surface area (Å²) < 4.78 is 18.2. The summed E-state index contributed by atoms with van der Waals surface area (Å²) in [5, 5.41) is 12.7. The molecular weight excluding hydrogens is 209 g/mol. The molecule has 1 saturated heterocycles. The van der Waals surface area contributed by atoms with Crippen LogP contribution in [-0.2, 0) is 0 Å². The van der Waals surface area contributed by atoms with Crippen LogP contribution in [0, 0.1) is 11.7 Å². The molecule has 1 fully saturated rings. The van der Waals surface area contributed by atoms with Crippen molar-refractivity contribution in [3.05, 3.63) is 24.0 Å². The van der Waals surface area contributed by atoms with Crippen molar-refractivity contribution in [1.82, 2.24) is 5.32 Å². The monoisotopic (exact) mass is 225 g/mol. The molecule has 1 unspecified atom stereocenters. The first-order valence-corrected chi connectivity index (χ1v) is 5.58. The van der Waals surface area contributed by atoms with Crippen molar-refractivity contribution in [1.29, 1.82) is 0 Å². The molecule has 0 aromatic heterocycles. The Morgan fingerprint density at radius 1 is 1.50 bits per heavy atom. The first-order valence-electron chi connectivity index (χ1n) is 5.58. The number of ether oxygens (including phenoxy) is 1. The van der Waals surface area contributed by atoms with Crippen LogP contribution in [0.2, 0.25) is 0 Å². The highest BCUT2D eigenvalue weighted by Crippen LogP contribution is 2.27. The van der Waals surface area contributed by atoms with Gasteiger partial charge in [-0.05, 0) is 31.5 Å². The minimum absolute atomic E-state index is 0.135. The molecule has 3 nitrogen and oxygen atoms in total. The van der Waals surface area contributed by atoms with Crippen LogP contribution in [0.15, 0.2) is 18.2 Å². The highest BCUT2D eigenvalue weighted by Gasteiger charge is 2.14. The van der Waals surface area contributed by atoms with E-state index in [4.69, 9.17) is 4.74 Å². The molecule has 0 radical (unpaired) electrons. The second-order valence-electron chi connectivity index (χ2n) is 4.14. The number of hydrogen-bond donors (Lipinski definition) is 2. The Hall–Kier alpha value is -1.29. The third kappa shape index (κ3) is 2.85. The highest BCUT2D eigenvalue weighted by molar-refractivity contribution is 5.38. The fourth-order valence-electron chi connectivity index (χ4n) is 1.89. The molecule has 0 spiro atoms. The van der Waals surface area contributed by atoms with Gasteiger partial charge in [0.1, 0.15) is 5.82 Å². The molecule has 1 aromatic rings. The van der Waals surface area contributed by atoms with E-state index in [2.05, 4.69) is 5.32 Å². The number of phenolic OH excluding ortho intramolecular Hbond substituents is 1. The van der Waals surface area contributed by atoms with Gasteiger partial charge in [0.2, 0.25) is 0 Å². The molecule has 1 heterocycles. The van der Waals surface area contributed by atoms with Crippen LogP contribution in [0.25, 0.3) is 0 Å². The van der Waals surface area contributed by atoms with Crippen LogP contribution in [0.5, 0.6) is 11.5 Å². The Kier molecular flexibility index (Phi) is 3.62. The summed E-state index contributed by atoms with van der Waals surface area (Å²) in [6.07, 6.45) is 2.29. The zero-order valence-electron chi connectivity index (χ0n) is 9.08. The van der Waals surface area contributed by atoms with E-state index in [0.29, 0.717) is 18.3 Å². The minimum Gasteiger partial charge on any atom is -0.504 e. The fraction of sp³-hybridized carbons (Fsp3) is 0.500. The summed E-state index contributed by atoms with van der Waals surface area (Å²) in [6, 6.07) is 3.81. The van der Waals surface area contributed by atoms with Gasteiger partial charge in [-0.1, -0.05) is 0 Å². The predicted octanol–water partition coefficient (Wildman–Crippen LogP) is 1.91. The quantitative estimate of drug-likeness (QED) is 0.825. The predicted molar refractivity (Wildman–Crippen MR) is 59.2 cm³/mol. The van der Waals surface area contributed by atoms with Crippen molar-refractivity contribution in [2.75, 3.05) is 19.7 Å². The van der Waals surface area contributed by atoms with Crippen molar-refractivity contribution in [3.8, 4) is 11.5 Å². The summed E-state index contributed by atoms with van der Waals surface area (Å²) in [7, 11) is 0. The molecule has 4 heteroatoms. The Morgan fingerprint density at radius 2 is 2.38 bits per heavy atom. The number of nitrogens with one attached hydrogen (secondary N) is 1. The fourth-order valence-corrected chi connectivity index (χ4v) is 1.89. The van der Waals surface area contributed by atoms with Crippen LogP contribution in [0.1, 0.15) is 12.8 Å². The molecule has 0 aliphatic carbocycles. The van der Waals surface area contributed by atoms with E-state index in [1.165, 1.54) is 12.1 Å². The van der Waals surface area contributed by atoms with E-state index in [-0.39, 0.29) is 5.75 Å². The van der Waals surface area contributed by atoms with E-state index in [1.807, 2.05) is 0 Å². The maximum atomic E-state index is 12.7. The summed E-state index contributed by atoms with van der Waals surface area (Å²) in [5.74, 6) is 0.234. The number of rotatable bonds is 3. The van der Waals surface area contributed by atoms with Crippen LogP contribution < -0.4 is 10.1 Å². The van der Waals surface area contributed by atoms with Crippen molar-refractivity contribution in [3.63, 3.8) is 0 Å². The lowest BCUT2D eigenvalue weighted by molar-refractivity contribution is 0.212. The third-order valence-electron chi connectivity index (χ3n) is 2.79. The van der Waals surface area contributed by atoms with Gasteiger partial charge < -0.3 is 15.2 Å². The minimum atomic E-state index is -0.454. The van der Waals surface area contributed by atoms with Gasteiger partial charge in [-0.15, -0.1) is 0 Å². The van der Waals surface area contributed by atoms with E-state index in [1.54, 1.807) is 0 Å². The molecule has 1 aliphatic heterocycles. The summed E-state index contributed by atoms with van der Waals surface area (Å²) >= 11 is 0. The second kappa shape index (κ2) is 5.16. The van der Waals surface area contributed by atoms with Gasteiger partial charge in [0.15, 0.2) is 11.5 Å². The van der Waals surface area contributed by atoms with E-state index in [9.17, 15) is 9.50 Å². The van der Waals surface area contributed by atoms with Gasteiger partial charge in [0, 0.05) is 18.5 Å². The lowest BCUT2D eigenvalue weighted by Crippen LogP contribution is -2.33. The normalized spacial score (nSPS) is 20.7. The standard InChI is InChI=1S/C12H16FNO2/c13-10-3-4-12(11(15)6-10)16-8-9-2-1-5-14-7-9/h3-4,6,9,14-15H,1-2,5,7-8H2. The molecular formula is C12H16FNO2. The first-order chi connectivity index (χ1) is 7.75. The molecule has 0 saturated carbocycles. The molecule has 1 aliphatic rings. The van der Waals surface area contributed by atoms with E-state index < -0.39 is 5.82 Å². The van der Waals surface area contributed by atoms with Crippen LogP contribution >= 0.6 is 0 Å². The van der Waals surface area contributed by atoms with Crippen molar-refractivity contribution >= 4 is 0 Å². The second-order valence-corrected chi connectivity index (χ2v) is 4.14. The maximum Gasteiger partial charge on any atom is 0.161 e. The molecule has 0 bridgehead atoms. The Balaban J connectivity index is 1.88. The smallest absolute Gasteiger partial charge is 0.161 e.